The summed E-state index contributed by atoms with van der Waals surface area (Å²) in [5.41, 5.74) is 2.52. The number of likely N-dealkylation sites (N-methyl/N-ethyl adjacent to an activating group) is 1. The zero-order chi connectivity index (χ0) is 30.8. The summed E-state index contributed by atoms with van der Waals surface area (Å²) in [6, 6.07) is 7.61. The molecule has 0 aliphatic carbocycles. The first-order valence-electron chi connectivity index (χ1n) is 14.7. The van der Waals surface area contributed by atoms with E-state index >= 15 is 0 Å². The number of aliphatic hydroxyl groups is 1. The number of rotatable bonds is 5. The zero-order valence-electron chi connectivity index (χ0n) is 25.8. The monoisotopic (exact) mass is 585 g/mol. The number of nitrogens with zero attached hydrogens (tertiary/aromatic N) is 3. The van der Waals surface area contributed by atoms with Gasteiger partial charge in [-0.1, -0.05) is 44.2 Å². The molecular weight excluding hydrogens is 538 g/mol. The van der Waals surface area contributed by atoms with Crippen LogP contribution in [0.4, 0.5) is 9.59 Å². The van der Waals surface area contributed by atoms with Gasteiger partial charge in [0, 0.05) is 46.2 Å². The SMILES string of the molecule is C/C(=C\c1cccc(COC(=O)N(C)C)c1)[C@H]1OC(=O)C[C@H](O)CC[C@H](C)[C@@H](OC(=O)N2CCN(C)CC2)/C=C/[C@@H]1C. The number of hydrogen-bond donors (Lipinski definition) is 1. The van der Waals surface area contributed by atoms with Gasteiger partial charge in [-0.25, -0.2) is 9.59 Å². The molecule has 0 bridgehead atoms. The van der Waals surface area contributed by atoms with Crippen LogP contribution in [0.25, 0.3) is 6.08 Å². The summed E-state index contributed by atoms with van der Waals surface area (Å²) >= 11 is 0. The Bertz CT molecular complexity index is 1130. The van der Waals surface area contributed by atoms with Crippen LogP contribution in [0.5, 0.6) is 0 Å². The maximum atomic E-state index is 13.0. The molecular formula is C32H47N3O7. The molecule has 10 heteroatoms. The Morgan fingerprint density at radius 2 is 1.83 bits per heavy atom. The number of benzene rings is 1. The van der Waals surface area contributed by atoms with Crippen LogP contribution in [0.1, 0.15) is 51.2 Å². The average molecular weight is 586 g/mol. The van der Waals surface area contributed by atoms with Crippen molar-refractivity contribution in [2.45, 2.75) is 65.0 Å². The number of piperazine rings is 1. The van der Waals surface area contributed by atoms with E-state index in [1.165, 1.54) is 4.90 Å². The average Bonchev–Trinajstić information content (AvgIpc) is 2.95. The fourth-order valence-corrected chi connectivity index (χ4v) is 5.02. The van der Waals surface area contributed by atoms with Crippen molar-refractivity contribution in [3.8, 4) is 0 Å². The van der Waals surface area contributed by atoms with Gasteiger partial charge >= 0.3 is 18.2 Å². The first-order valence-corrected chi connectivity index (χ1v) is 14.7. The molecule has 0 aromatic heterocycles. The Morgan fingerprint density at radius 1 is 1.12 bits per heavy atom. The molecule has 0 unspecified atom stereocenters. The van der Waals surface area contributed by atoms with Crippen LogP contribution in [0.15, 0.2) is 42.0 Å². The van der Waals surface area contributed by atoms with Crippen LogP contribution >= 0.6 is 0 Å². The largest absolute Gasteiger partial charge is 0.457 e. The molecule has 10 nitrogen and oxygen atoms in total. The van der Waals surface area contributed by atoms with Crippen LogP contribution in [0.3, 0.4) is 0 Å². The fraction of sp³-hybridized carbons (Fsp3) is 0.594. The van der Waals surface area contributed by atoms with Gasteiger partial charge < -0.3 is 34.0 Å². The molecule has 232 valence electrons. The van der Waals surface area contributed by atoms with E-state index in [9.17, 15) is 19.5 Å². The summed E-state index contributed by atoms with van der Waals surface area (Å²) < 4.78 is 17.2. The van der Waals surface area contributed by atoms with Gasteiger partial charge in [-0.05, 0) is 61.6 Å². The van der Waals surface area contributed by atoms with E-state index in [-0.39, 0.29) is 31.0 Å². The second-order valence-corrected chi connectivity index (χ2v) is 11.8. The number of esters is 1. The van der Waals surface area contributed by atoms with E-state index in [0.29, 0.717) is 25.9 Å². The lowest BCUT2D eigenvalue weighted by atomic mass is 9.91. The van der Waals surface area contributed by atoms with Gasteiger partial charge in [0.05, 0.1) is 12.5 Å². The lowest BCUT2D eigenvalue weighted by Crippen LogP contribution is -2.48. The van der Waals surface area contributed by atoms with Crippen LogP contribution in [-0.2, 0) is 25.6 Å². The summed E-state index contributed by atoms with van der Waals surface area (Å²) in [4.78, 5) is 42.9. The summed E-state index contributed by atoms with van der Waals surface area (Å²) in [6.45, 7) is 8.84. The Morgan fingerprint density at radius 3 is 2.52 bits per heavy atom. The lowest BCUT2D eigenvalue weighted by Gasteiger charge is -2.33. The molecule has 0 radical (unpaired) electrons. The van der Waals surface area contributed by atoms with Crippen LogP contribution in [0.2, 0.25) is 0 Å². The van der Waals surface area contributed by atoms with Crippen LogP contribution < -0.4 is 0 Å². The molecule has 2 heterocycles. The molecule has 2 aliphatic rings. The Labute approximate surface area is 249 Å². The number of carbonyl (C=O) groups is 3. The third kappa shape index (κ3) is 10.2. The third-order valence-electron chi connectivity index (χ3n) is 7.78. The number of aliphatic hydroxyl groups excluding tert-OH is 1. The summed E-state index contributed by atoms with van der Waals surface area (Å²) in [6.07, 6.45) is 3.99. The molecule has 5 atom stereocenters. The molecule has 2 aliphatic heterocycles. The normalized spacial score (nSPS) is 27.2. The van der Waals surface area contributed by atoms with Crippen molar-refractivity contribution >= 4 is 24.2 Å². The second-order valence-electron chi connectivity index (χ2n) is 11.8. The van der Waals surface area contributed by atoms with Gasteiger partial charge in [0.2, 0.25) is 0 Å². The Kier molecular flexibility index (Phi) is 12.4. The molecule has 1 saturated heterocycles. The van der Waals surface area contributed by atoms with Gasteiger partial charge in [0.15, 0.2) is 0 Å². The molecule has 42 heavy (non-hydrogen) atoms. The van der Waals surface area contributed by atoms with Gasteiger partial charge in [-0.15, -0.1) is 0 Å². The Hall–Kier alpha value is -3.37. The smallest absolute Gasteiger partial charge is 0.410 e. The predicted molar refractivity (Wildman–Crippen MR) is 161 cm³/mol. The standard InChI is InChI=1S/C32H47N3O7/c1-22-10-12-27(36)20-29(37)42-30(23(2)11-13-28(22)41-32(39)35-16-14-34(6)15-17-35)24(3)18-25-8-7-9-26(19-25)21-40-31(38)33(4)5/h7-9,11,13,18-19,22-23,27-28,30,36H,10,12,14-17,20-21H2,1-6H3/b13-11+,24-18+/t22-,23-,27+,28-,30-/m0/s1. The van der Waals surface area contributed by atoms with E-state index in [0.717, 1.165) is 29.8 Å². The van der Waals surface area contributed by atoms with E-state index in [4.69, 9.17) is 14.2 Å². The molecule has 3 rings (SSSR count). The van der Waals surface area contributed by atoms with Gasteiger partial charge in [-0.2, -0.15) is 0 Å². The molecule has 1 aromatic carbocycles. The summed E-state index contributed by atoms with van der Waals surface area (Å²) in [7, 11) is 5.29. The minimum Gasteiger partial charge on any atom is -0.457 e. The highest BCUT2D eigenvalue weighted by atomic mass is 16.6. The van der Waals surface area contributed by atoms with Crippen molar-refractivity contribution in [1.29, 1.82) is 0 Å². The van der Waals surface area contributed by atoms with E-state index in [2.05, 4.69) is 4.90 Å². The predicted octanol–water partition coefficient (Wildman–Crippen LogP) is 4.33. The van der Waals surface area contributed by atoms with E-state index in [1.54, 1.807) is 19.0 Å². The van der Waals surface area contributed by atoms with Gasteiger partial charge in [-0.3, -0.25) is 4.79 Å². The highest BCUT2D eigenvalue weighted by molar-refractivity contribution is 5.71. The van der Waals surface area contributed by atoms with Crippen molar-refractivity contribution in [3.63, 3.8) is 0 Å². The first-order chi connectivity index (χ1) is 19.9. The number of cyclic esters (lactones) is 1. The maximum Gasteiger partial charge on any atom is 0.410 e. The number of amides is 2. The number of ether oxygens (including phenoxy) is 3. The summed E-state index contributed by atoms with van der Waals surface area (Å²) in [5.74, 6) is -0.742. The van der Waals surface area contributed by atoms with E-state index in [1.807, 2.05) is 70.3 Å². The topological polar surface area (TPSA) is 109 Å². The molecule has 0 saturated carbocycles. The third-order valence-corrected chi connectivity index (χ3v) is 7.78. The molecule has 2 amide bonds. The molecule has 1 N–H and O–H groups in total. The van der Waals surface area contributed by atoms with E-state index < -0.39 is 30.4 Å². The van der Waals surface area contributed by atoms with Crippen molar-refractivity contribution in [2.75, 3.05) is 47.3 Å². The van der Waals surface area contributed by atoms with Crippen molar-refractivity contribution in [3.05, 3.63) is 53.1 Å². The van der Waals surface area contributed by atoms with Crippen molar-refractivity contribution in [1.82, 2.24) is 14.7 Å². The van der Waals surface area contributed by atoms with Crippen LogP contribution in [-0.4, -0.2) is 104 Å². The zero-order valence-corrected chi connectivity index (χ0v) is 25.8. The van der Waals surface area contributed by atoms with Gasteiger partial charge in [0.25, 0.3) is 0 Å². The second kappa shape index (κ2) is 15.7. The highest BCUT2D eigenvalue weighted by Gasteiger charge is 2.29. The molecule has 1 fully saturated rings. The molecule has 0 spiro atoms. The fourth-order valence-electron chi connectivity index (χ4n) is 5.02. The first kappa shape index (κ1) is 33.1. The maximum absolute atomic E-state index is 13.0. The summed E-state index contributed by atoms with van der Waals surface area (Å²) in [5, 5.41) is 10.6. The van der Waals surface area contributed by atoms with Crippen molar-refractivity contribution < 1.29 is 33.7 Å². The lowest BCUT2D eigenvalue weighted by molar-refractivity contribution is -0.151. The van der Waals surface area contributed by atoms with Crippen molar-refractivity contribution in [2.24, 2.45) is 11.8 Å². The molecule has 1 aromatic rings. The number of carbonyl (C=O) groups excluding carboxylic acids is 3. The Balaban J connectivity index is 1.80. The quantitative estimate of drug-likeness (QED) is 0.309. The minimum atomic E-state index is -0.848. The minimum absolute atomic E-state index is 0.0469. The van der Waals surface area contributed by atoms with Gasteiger partial charge in [0.1, 0.15) is 18.8 Å². The highest BCUT2D eigenvalue weighted by Crippen LogP contribution is 2.26. The van der Waals surface area contributed by atoms with Crippen LogP contribution in [0, 0.1) is 11.8 Å². The number of hydrogen-bond acceptors (Lipinski definition) is 8.